The molecule has 0 amide bonds. The van der Waals surface area contributed by atoms with Crippen LogP contribution >= 0.6 is 11.6 Å². The van der Waals surface area contributed by atoms with Gasteiger partial charge in [0, 0.05) is 36.4 Å². The van der Waals surface area contributed by atoms with Crippen LogP contribution < -0.4 is 15.9 Å². The highest BCUT2D eigenvalue weighted by atomic mass is 35.5. The fourth-order valence-corrected chi connectivity index (χ4v) is 4.22. The van der Waals surface area contributed by atoms with Gasteiger partial charge in [0.2, 0.25) is 0 Å². The number of pyridine rings is 4. The SMILES string of the molecule is Cc1cnc(COc2cc(C)n(-c3cc(-n4ccc(F)c(C(C)(C)O)c4=O)ncc3C)c(=O)c2Cl)c(F)c1. The lowest BCUT2D eigenvalue weighted by atomic mass is 9.99. The van der Waals surface area contributed by atoms with Gasteiger partial charge in [-0.25, -0.2) is 13.8 Å². The van der Waals surface area contributed by atoms with Crippen molar-refractivity contribution in [3.8, 4) is 17.3 Å². The monoisotopic (exact) mass is 542 g/mol. The Kier molecular flexibility index (Phi) is 7.22. The standard InChI is InChI=1S/C27H25ClF2N4O4/c1-14-8-18(30)19(31-11-14)13-38-21-9-16(3)34(26(36)24(21)28)20-10-22(32-12-15(20)2)33-7-6-17(29)23(25(33)35)27(4,5)37/h6-12,37H,13H2,1-5H3. The molecular formula is C27H25ClF2N4O4. The normalized spacial score (nSPS) is 11.6. The Balaban J connectivity index is 1.77. The van der Waals surface area contributed by atoms with Crippen molar-refractivity contribution in [1.82, 2.24) is 19.1 Å². The first-order valence-corrected chi connectivity index (χ1v) is 11.9. The molecule has 8 nitrogen and oxygen atoms in total. The summed E-state index contributed by atoms with van der Waals surface area (Å²) in [6, 6.07) is 5.41. The average molecular weight is 543 g/mol. The third-order valence-electron chi connectivity index (χ3n) is 5.92. The van der Waals surface area contributed by atoms with E-state index in [0.29, 0.717) is 22.5 Å². The van der Waals surface area contributed by atoms with Crippen LogP contribution in [0, 0.1) is 32.4 Å². The zero-order valence-electron chi connectivity index (χ0n) is 21.3. The number of rotatable bonds is 6. The molecule has 198 valence electrons. The second kappa shape index (κ2) is 10.1. The molecule has 0 aliphatic rings. The van der Waals surface area contributed by atoms with Crippen LogP contribution in [0.1, 0.15) is 41.9 Å². The summed E-state index contributed by atoms with van der Waals surface area (Å²) in [5, 5.41) is 10.1. The fourth-order valence-electron chi connectivity index (χ4n) is 4.02. The molecule has 0 aromatic carbocycles. The molecule has 4 aromatic heterocycles. The van der Waals surface area contributed by atoms with Crippen molar-refractivity contribution in [2.75, 3.05) is 0 Å². The number of aromatic nitrogens is 4. The number of hydrogen-bond donors (Lipinski definition) is 1. The highest BCUT2D eigenvalue weighted by molar-refractivity contribution is 6.31. The maximum atomic E-state index is 14.4. The number of halogens is 3. The van der Waals surface area contributed by atoms with Crippen LogP contribution in [-0.4, -0.2) is 24.2 Å². The van der Waals surface area contributed by atoms with Gasteiger partial charge >= 0.3 is 0 Å². The Hall–Kier alpha value is -3.89. The molecule has 1 N–H and O–H groups in total. The van der Waals surface area contributed by atoms with E-state index in [1.807, 2.05) is 0 Å². The minimum Gasteiger partial charge on any atom is -0.485 e. The van der Waals surface area contributed by atoms with E-state index in [9.17, 15) is 23.5 Å². The lowest BCUT2D eigenvalue weighted by Crippen LogP contribution is -2.33. The van der Waals surface area contributed by atoms with Gasteiger partial charge in [-0.3, -0.25) is 23.7 Å². The first-order valence-electron chi connectivity index (χ1n) is 11.6. The fraction of sp³-hybridized carbons (Fsp3) is 0.259. The van der Waals surface area contributed by atoms with Crippen molar-refractivity contribution < 1.29 is 18.6 Å². The topological polar surface area (TPSA) is 99.2 Å². The minimum atomic E-state index is -1.73. The summed E-state index contributed by atoms with van der Waals surface area (Å²) in [4.78, 5) is 34.6. The predicted octanol–water partition coefficient (Wildman–Crippen LogP) is 4.44. The quantitative estimate of drug-likeness (QED) is 0.387. The molecule has 4 aromatic rings. The van der Waals surface area contributed by atoms with Crippen LogP contribution in [0.2, 0.25) is 5.02 Å². The van der Waals surface area contributed by atoms with Crippen LogP contribution in [0.15, 0.2) is 52.4 Å². The average Bonchev–Trinajstić information content (AvgIpc) is 2.82. The van der Waals surface area contributed by atoms with Crippen LogP contribution in [0.4, 0.5) is 8.78 Å². The highest BCUT2D eigenvalue weighted by Gasteiger charge is 2.26. The Morgan fingerprint density at radius 3 is 2.39 bits per heavy atom. The van der Waals surface area contributed by atoms with E-state index in [1.165, 1.54) is 55.2 Å². The summed E-state index contributed by atoms with van der Waals surface area (Å²) in [5.41, 5.74) is -1.41. The number of ether oxygens (including phenoxy) is 1. The van der Waals surface area contributed by atoms with Gasteiger partial charge in [-0.15, -0.1) is 0 Å². The molecule has 0 radical (unpaired) electrons. The van der Waals surface area contributed by atoms with Crippen molar-refractivity contribution in [1.29, 1.82) is 0 Å². The smallest absolute Gasteiger partial charge is 0.277 e. The second-order valence-electron chi connectivity index (χ2n) is 9.44. The minimum absolute atomic E-state index is 0.0590. The van der Waals surface area contributed by atoms with Crippen LogP contribution in [0.3, 0.4) is 0 Å². The van der Waals surface area contributed by atoms with Crippen molar-refractivity contribution in [3.63, 3.8) is 0 Å². The third-order valence-corrected chi connectivity index (χ3v) is 6.27. The van der Waals surface area contributed by atoms with E-state index >= 15 is 0 Å². The van der Waals surface area contributed by atoms with Gasteiger partial charge in [-0.2, -0.15) is 0 Å². The summed E-state index contributed by atoms with van der Waals surface area (Å²) in [5.74, 6) is -1.22. The molecule has 0 aliphatic heterocycles. The molecule has 0 unspecified atom stereocenters. The van der Waals surface area contributed by atoms with Crippen LogP contribution in [0.5, 0.6) is 5.75 Å². The van der Waals surface area contributed by atoms with Gasteiger partial charge in [0.15, 0.2) is 0 Å². The summed E-state index contributed by atoms with van der Waals surface area (Å²) in [6.07, 6.45) is 4.17. The molecule has 0 fully saturated rings. The summed E-state index contributed by atoms with van der Waals surface area (Å²) >= 11 is 6.36. The molecular weight excluding hydrogens is 518 g/mol. The first kappa shape index (κ1) is 27.2. The second-order valence-corrected chi connectivity index (χ2v) is 9.81. The highest BCUT2D eigenvalue weighted by Crippen LogP contribution is 2.26. The lowest BCUT2D eigenvalue weighted by Gasteiger charge is -2.20. The zero-order valence-corrected chi connectivity index (χ0v) is 22.1. The largest absolute Gasteiger partial charge is 0.485 e. The Bertz CT molecular complexity index is 1680. The molecule has 0 spiro atoms. The molecule has 4 rings (SSSR count). The number of nitrogens with zero attached hydrogens (tertiary/aromatic N) is 4. The van der Waals surface area contributed by atoms with E-state index in [1.54, 1.807) is 20.8 Å². The maximum absolute atomic E-state index is 14.4. The van der Waals surface area contributed by atoms with Crippen molar-refractivity contribution in [2.45, 2.75) is 46.8 Å². The Morgan fingerprint density at radius 1 is 1.03 bits per heavy atom. The van der Waals surface area contributed by atoms with Gasteiger partial charge in [0.1, 0.15) is 40.5 Å². The van der Waals surface area contributed by atoms with Crippen molar-refractivity contribution >= 4 is 11.6 Å². The maximum Gasteiger partial charge on any atom is 0.277 e. The molecule has 4 heterocycles. The molecule has 0 aliphatic carbocycles. The summed E-state index contributed by atoms with van der Waals surface area (Å²) in [6.45, 7) is 7.48. The molecule has 0 bridgehead atoms. The van der Waals surface area contributed by atoms with Crippen molar-refractivity contribution in [3.05, 3.63) is 108 Å². The Morgan fingerprint density at radius 2 is 1.74 bits per heavy atom. The number of aliphatic hydroxyl groups is 1. The molecule has 11 heteroatoms. The zero-order chi connectivity index (χ0) is 27.9. The van der Waals surface area contributed by atoms with E-state index in [2.05, 4.69) is 9.97 Å². The third kappa shape index (κ3) is 5.09. The van der Waals surface area contributed by atoms with E-state index in [0.717, 1.165) is 10.6 Å². The van der Waals surface area contributed by atoms with Gasteiger partial charge in [-0.1, -0.05) is 11.6 Å². The van der Waals surface area contributed by atoms with Gasteiger partial charge in [0.05, 0.1) is 16.9 Å². The van der Waals surface area contributed by atoms with E-state index < -0.39 is 33.9 Å². The van der Waals surface area contributed by atoms with Gasteiger partial charge in [-0.05, 0) is 57.9 Å². The van der Waals surface area contributed by atoms with Gasteiger partial charge in [0.25, 0.3) is 11.1 Å². The van der Waals surface area contributed by atoms with Gasteiger partial charge < -0.3 is 9.84 Å². The number of aryl methyl sites for hydroxylation is 3. The number of hydrogen-bond acceptors (Lipinski definition) is 6. The van der Waals surface area contributed by atoms with E-state index in [4.69, 9.17) is 16.3 Å². The summed E-state index contributed by atoms with van der Waals surface area (Å²) < 4.78 is 36.6. The van der Waals surface area contributed by atoms with Crippen LogP contribution in [0.25, 0.3) is 11.5 Å². The van der Waals surface area contributed by atoms with Crippen LogP contribution in [-0.2, 0) is 12.2 Å². The first-order chi connectivity index (χ1) is 17.8. The molecule has 0 saturated carbocycles. The summed E-state index contributed by atoms with van der Waals surface area (Å²) in [7, 11) is 0. The molecule has 38 heavy (non-hydrogen) atoms. The van der Waals surface area contributed by atoms with E-state index in [-0.39, 0.29) is 28.9 Å². The Labute approximate surface area is 221 Å². The molecule has 0 atom stereocenters. The van der Waals surface area contributed by atoms with Crippen molar-refractivity contribution in [2.24, 2.45) is 0 Å². The lowest BCUT2D eigenvalue weighted by molar-refractivity contribution is 0.0725. The predicted molar refractivity (Wildman–Crippen MR) is 138 cm³/mol. The molecule has 0 saturated heterocycles.